The number of carbonyl (C=O) groups is 1. The van der Waals surface area contributed by atoms with Gasteiger partial charge in [-0.1, -0.05) is 48.5 Å². The van der Waals surface area contributed by atoms with E-state index in [1.165, 1.54) is 22.6 Å². The van der Waals surface area contributed by atoms with Crippen molar-refractivity contribution < 1.29 is 14.7 Å². The van der Waals surface area contributed by atoms with E-state index in [0.29, 0.717) is 13.2 Å². The minimum atomic E-state index is -0.552. The minimum Gasteiger partial charge on any atom is -0.375 e. The van der Waals surface area contributed by atoms with Crippen LogP contribution in [0.3, 0.4) is 0 Å². The lowest BCUT2D eigenvalue weighted by Gasteiger charge is -2.22. The molecular formula is C28H30N4O3. The van der Waals surface area contributed by atoms with Crippen LogP contribution in [0.2, 0.25) is 0 Å². The van der Waals surface area contributed by atoms with Crippen LogP contribution in [0.5, 0.6) is 0 Å². The molecule has 7 nitrogen and oxygen atoms in total. The zero-order chi connectivity index (χ0) is 24.3. The summed E-state index contributed by atoms with van der Waals surface area (Å²) in [7, 11) is 0. The van der Waals surface area contributed by atoms with Crippen LogP contribution in [0.25, 0.3) is 17.0 Å². The van der Waals surface area contributed by atoms with E-state index in [2.05, 4.69) is 51.4 Å². The number of H-pyrrole nitrogens is 1. The summed E-state index contributed by atoms with van der Waals surface area (Å²) < 4.78 is 5.92. The molecule has 3 N–H and O–H groups in total. The van der Waals surface area contributed by atoms with Crippen LogP contribution in [0, 0.1) is 0 Å². The largest absolute Gasteiger partial charge is 0.375 e. The number of aromatic amines is 1. The molecule has 1 amide bonds. The van der Waals surface area contributed by atoms with Gasteiger partial charge < -0.3 is 9.72 Å². The lowest BCUT2D eigenvalue weighted by molar-refractivity contribution is -0.124. The first-order valence-electron chi connectivity index (χ1n) is 11.7. The summed E-state index contributed by atoms with van der Waals surface area (Å²) >= 11 is 0. The van der Waals surface area contributed by atoms with E-state index in [9.17, 15) is 4.79 Å². The molecule has 0 bridgehead atoms. The summed E-state index contributed by atoms with van der Waals surface area (Å²) in [5.74, 6) is -0.552. The van der Waals surface area contributed by atoms with E-state index in [4.69, 9.17) is 9.94 Å². The van der Waals surface area contributed by atoms with Crippen LogP contribution >= 0.6 is 0 Å². The van der Waals surface area contributed by atoms with E-state index in [1.54, 1.807) is 17.8 Å². The van der Waals surface area contributed by atoms with Crippen LogP contribution in [-0.4, -0.2) is 45.7 Å². The number of benzene rings is 2. The van der Waals surface area contributed by atoms with Crippen LogP contribution in [-0.2, 0) is 29.1 Å². The highest BCUT2D eigenvalue weighted by Crippen LogP contribution is 2.19. The third kappa shape index (κ3) is 7.35. The molecular weight excluding hydrogens is 440 g/mol. The van der Waals surface area contributed by atoms with Crippen molar-refractivity contribution in [3.8, 4) is 0 Å². The smallest absolute Gasteiger partial charge is 0.267 e. The van der Waals surface area contributed by atoms with Gasteiger partial charge in [0.2, 0.25) is 0 Å². The van der Waals surface area contributed by atoms with Crippen LogP contribution in [0.15, 0.2) is 85.3 Å². The minimum absolute atomic E-state index is 0.548. The van der Waals surface area contributed by atoms with Crippen molar-refractivity contribution >= 4 is 22.9 Å². The molecule has 2 aromatic heterocycles. The van der Waals surface area contributed by atoms with E-state index < -0.39 is 5.91 Å². The molecule has 35 heavy (non-hydrogen) atoms. The van der Waals surface area contributed by atoms with Gasteiger partial charge in [-0.05, 0) is 46.9 Å². The molecule has 0 saturated heterocycles. The van der Waals surface area contributed by atoms with Gasteiger partial charge >= 0.3 is 0 Å². The van der Waals surface area contributed by atoms with Gasteiger partial charge in [0, 0.05) is 55.2 Å². The number of hydrogen-bond acceptors (Lipinski definition) is 5. The molecule has 0 aliphatic carbocycles. The zero-order valence-corrected chi connectivity index (χ0v) is 19.6. The predicted molar refractivity (Wildman–Crippen MR) is 137 cm³/mol. The Morgan fingerprint density at radius 1 is 1.06 bits per heavy atom. The Kier molecular flexibility index (Phi) is 8.78. The van der Waals surface area contributed by atoms with Crippen molar-refractivity contribution in [3.05, 3.63) is 108 Å². The van der Waals surface area contributed by atoms with Crippen molar-refractivity contribution in [2.45, 2.75) is 19.6 Å². The average Bonchev–Trinajstić information content (AvgIpc) is 3.32. The predicted octanol–water partition coefficient (Wildman–Crippen LogP) is 4.34. The van der Waals surface area contributed by atoms with Crippen molar-refractivity contribution in [3.63, 3.8) is 0 Å². The normalized spacial score (nSPS) is 11.5. The molecule has 2 heterocycles. The fourth-order valence-electron chi connectivity index (χ4n) is 3.96. The summed E-state index contributed by atoms with van der Waals surface area (Å²) in [6, 6.07) is 20.4. The number of nitrogens with one attached hydrogen (secondary N) is 2. The maximum atomic E-state index is 11.2. The maximum Gasteiger partial charge on any atom is 0.267 e. The topological polar surface area (TPSA) is 90.5 Å². The first-order chi connectivity index (χ1) is 17.2. The molecule has 0 fully saturated rings. The second-order valence-corrected chi connectivity index (χ2v) is 8.35. The standard InChI is InChI=1S/C28H30N4O3/c33-28(31-34)12-11-22-7-9-23(10-8-22)20-32(16-17-35-21-24-4-3-14-29-18-24)15-13-25-19-30-27-6-2-1-5-26(25)27/h1-12,14,18-19,30,34H,13,15-17,20-21H2,(H,31,33). The summed E-state index contributed by atoms with van der Waals surface area (Å²) in [4.78, 5) is 21.1. The van der Waals surface area contributed by atoms with Gasteiger partial charge in [0.05, 0.1) is 13.2 Å². The van der Waals surface area contributed by atoms with Gasteiger partial charge in [-0.15, -0.1) is 0 Å². The van der Waals surface area contributed by atoms with Gasteiger partial charge in [-0.25, -0.2) is 5.48 Å². The second kappa shape index (κ2) is 12.6. The van der Waals surface area contributed by atoms with E-state index in [1.807, 2.05) is 36.5 Å². The molecule has 180 valence electrons. The Balaban J connectivity index is 1.37. The average molecular weight is 471 g/mol. The lowest BCUT2D eigenvalue weighted by atomic mass is 10.1. The van der Waals surface area contributed by atoms with Gasteiger partial charge in [-0.2, -0.15) is 0 Å². The highest BCUT2D eigenvalue weighted by Gasteiger charge is 2.10. The summed E-state index contributed by atoms with van der Waals surface area (Å²) in [5.41, 5.74) is 7.20. The van der Waals surface area contributed by atoms with Crippen molar-refractivity contribution in [2.75, 3.05) is 19.7 Å². The Morgan fingerprint density at radius 3 is 2.71 bits per heavy atom. The second-order valence-electron chi connectivity index (χ2n) is 8.35. The third-order valence-electron chi connectivity index (χ3n) is 5.84. The fourth-order valence-corrected chi connectivity index (χ4v) is 3.96. The zero-order valence-electron chi connectivity index (χ0n) is 19.6. The molecule has 7 heteroatoms. The Labute approximate surface area is 205 Å². The van der Waals surface area contributed by atoms with Gasteiger partial charge in [0.15, 0.2) is 0 Å². The van der Waals surface area contributed by atoms with Gasteiger partial charge in [0.1, 0.15) is 0 Å². The molecule has 4 rings (SSSR count). The summed E-state index contributed by atoms with van der Waals surface area (Å²) in [5, 5.41) is 9.88. The number of fused-ring (bicyclic) bond motifs is 1. The summed E-state index contributed by atoms with van der Waals surface area (Å²) in [6.45, 7) is 3.67. The van der Waals surface area contributed by atoms with Crippen molar-refractivity contribution in [2.24, 2.45) is 0 Å². The third-order valence-corrected chi connectivity index (χ3v) is 5.84. The molecule has 0 aliphatic rings. The lowest BCUT2D eigenvalue weighted by Crippen LogP contribution is -2.29. The molecule has 4 aromatic rings. The van der Waals surface area contributed by atoms with Crippen molar-refractivity contribution in [1.82, 2.24) is 20.3 Å². The first-order valence-corrected chi connectivity index (χ1v) is 11.7. The van der Waals surface area contributed by atoms with E-state index in [0.717, 1.165) is 42.7 Å². The number of para-hydroxylation sites is 1. The monoisotopic (exact) mass is 470 g/mol. The Hall–Kier alpha value is -3.78. The van der Waals surface area contributed by atoms with Crippen LogP contribution in [0.4, 0.5) is 0 Å². The number of aromatic nitrogens is 2. The molecule has 0 radical (unpaired) electrons. The maximum absolute atomic E-state index is 11.2. The SMILES string of the molecule is O=C(C=Cc1ccc(CN(CCOCc2cccnc2)CCc2c[nH]c3ccccc23)cc1)NO. The molecule has 0 unspecified atom stereocenters. The van der Waals surface area contributed by atoms with Crippen LogP contribution < -0.4 is 5.48 Å². The van der Waals surface area contributed by atoms with Crippen LogP contribution in [0.1, 0.15) is 22.3 Å². The fraction of sp³-hybridized carbons (Fsp3) is 0.214. The van der Waals surface area contributed by atoms with E-state index in [-0.39, 0.29) is 0 Å². The number of carbonyl (C=O) groups excluding carboxylic acids is 1. The summed E-state index contributed by atoms with van der Waals surface area (Å²) in [6.07, 6.45) is 9.58. The molecule has 0 atom stereocenters. The molecule has 0 spiro atoms. The number of ether oxygens (including phenoxy) is 1. The number of hydrogen-bond donors (Lipinski definition) is 3. The number of pyridine rings is 1. The quantitative estimate of drug-likeness (QED) is 0.124. The number of nitrogens with zero attached hydrogens (tertiary/aromatic N) is 2. The Bertz CT molecular complexity index is 1240. The molecule has 0 saturated carbocycles. The molecule has 0 aliphatic heterocycles. The number of hydroxylamine groups is 1. The van der Waals surface area contributed by atoms with Gasteiger partial charge in [0.25, 0.3) is 5.91 Å². The van der Waals surface area contributed by atoms with E-state index >= 15 is 0 Å². The van der Waals surface area contributed by atoms with Crippen molar-refractivity contribution in [1.29, 1.82) is 0 Å². The number of amides is 1. The highest BCUT2D eigenvalue weighted by molar-refractivity contribution is 5.90. The molecule has 2 aromatic carbocycles. The number of rotatable bonds is 12. The first kappa shape index (κ1) is 24.3. The van der Waals surface area contributed by atoms with Gasteiger partial charge in [-0.3, -0.25) is 19.9 Å². The Morgan fingerprint density at radius 2 is 1.91 bits per heavy atom. The highest BCUT2D eigenvalue weighted by atomic mass is 16.5.